The van der Waals surface area contributed by atoms with Gasteiger partial charge in [-0.1, -0.05) is 35.9 Å². The van der Waals surface area contributed by atoms with Crippen LogP contribution < -0.4 is 8.92 Å². The zero-order valence-corrected chi connectivity index (χ0v) is 18.8. The van der Waals surface area contributed by atoms with E-state index in [1.165, 1.54) is 19.2 Å². The van der Waals surface area contributed by atoms with Gasteiger partial charge in [-0.15, -0.1) is 0 Å². The van der Waals surface area contributed by atoms with Crippen LogP contribution in [0.2, 0.25) is 5.02 Å². The minimum absolute atomic E-state index is 0.0519. The summed E-state index contributed by atoms with van der Waals surface area (Å²) in [7, 11) is -2.57. The van der Waals surface area contributed by atoms with Gasteiger partial charge in [0.15, 0.2) is 11.5 Å². The maximum atomic E-state index is 12.5. The van der Waals surface area contributed by atoms with Gasteiger partial charge in [0.25, 0.3) is 0 Å². The number of hydrogen-bond acceptors (Lipinski definition) is 5. The van der Waals surface area contributed by atoms with Crippen molar-refractivity contribution in [1.29, 1.82) is 0 Å². The van der Waals surface area contributed by atoms with Gasteiger partial charge in [-0.25, -0.2) is 0 Å². The molecule has 8 heteroatoms. The highest BCUT2D eigenvalue weighted by Gasteiger charge is 2.21. The molecule has 0 saturated heterocycles. The molecule has 0 aromatic heterocycles. The van der Waals surface area contributed by atoms with Gasteiger partial charge in [0.1, 0.15) is 4.90 Å². The maximum absolute atomic E-state index is 12.5. The normalized spacial score (nSPS) is 11.6. The third-order valence-electron chi connectivity index (χ3n) is 4.07. The Kier molecular flexibility index (Phi) is 6.62. The standard InChI is InChI=1S/C21H17BrClNO4S/c1-14-18(23)9-6-10-19(14)24-13-15-11-17(22)21(20(12-15)27-2)28-29(25,26)16-7-4-3-5-8-16/h3-13H,1-2H3. The van der Waals surface area contributed by atoms with Crippen LogP contribution in [0, 0.1) is 6.92 Å². The zero-order chi connectivity index (χ0) is 21.0. The lowest BCUT2D eigenvalue weighted by Crippen LogP contribution is -2.11. The summed E-state index contributed by atoms with van der Waals surface area (Å²) in [4.78, 5) is 4.51. The number of hydrogen-bond donors (Lipinski definition) is 0. The first-order valence-electron chi connectivity index (χ1n) is 8.48. The van der Waals surface area contributed by atoms with Gasteiger partial charge in [-0.3, -0.25) is 4.99 Å². The number of methoxy groups -OCH3 is 1. The first kappa shape index (κ1) is 21.4. The molecular formula is C21H17BrClNO4S. The molecule has 0 saturated carbocycles. The third kappa shape index (κ3) is 4.98. The number of rotatable bonds is 6. The Morgan fingerprint density at radius 1 is 1.07 bits per heavy atom. The molecule has 3 aromatic rings. The zero-order valence-electron chi connectivity index (χ0n) is 15.6. The highest BCUT2D eigenvalue weighted by molar-refractivity contribution is 9.10. The molecule has 150 valence electrons. The molecule has 3 aromatic carbocycles. The van der Waals surface area contributed by atoms with E-state index in [0.717, 1.165) is 11.3 Å². The Morgan fingerprint density at radius 3 is 2.48 bits per heavy atom. The minimum atomic E-state index is -4.01. The van der Waals surface area contributed by atoms with Gasteiger partial charge in [-0.05, 0) is 70.4 Å². The van der Waals surface area contributed by atoms with E-state index in [1.807, 2.05) is 19.1 Å². The minimum Gasteiger partial charge on any atom is -0.493 e. The summed E-state index contributed by atoms with van der Waals surface area (Å²) in [5.74, 6) is 0.315. The molecule has 5 nitrogen and oxygen atoms in total. The number of aliphatic imine (C=N–C) groups is 1. The van der Waals surface area contributed by atoms with E-state index in [9.17, 15) is 8.42 Å². The largest absolute Gasteiger partial charge is 0.493 e. The lowest BCUT2D eigenvalue weighted by molar-refractivity contribution is 0.389. The summed E-state index contributed by atoms with van der Waals surface area (Å²) in [6.45, 7) is 1.89. The van der Waals surface area contributed by atoms with Gasteiger partial charge < -0.3 is 8.92 Å². The molecule has 0 heterocycles. The van der Waals surface area contributed by atoms with Gasteiger partial charge in [-0.2, -0.15) is 8.42 Å². The van der Waals surface area contributed by atoms with Crippen molar-refractivity contribution in [3.05, 3.63) is 81.3 Å². The van der Waals surface area contributed by atoms with Crippen molar-refractivity contribution in [2.45, 2.75) is 11.8 Å². The number of halogens is 2. The van der Waals surface area contributed by atoms with Gasteiger partial charge in [0.05, 0.1) is 17.3 Å². The second kappa shape index (κ2) is 8.98. The van der Waals surface area contributed by atoms with E-state index in [-0.39, 0.29) is 16.4 Å². The fourth-order valence-electron chi connectivity index (χ4n) is 2.52. The van der Waals surface area contributed by atoms with E-state index in [1.54, 1.807) is 42.6 Å². The molecule has 3 rings (SSSR count). The number of nitrogens with zero attached hydrogens (tertiary/aromatic N) is 1. The molecule has 0 aliphatic rings. The second-order valence-corrected chi connectivity index (χ2v) is 8.83. The predicted molar refractivity (Wildman–Crippen MR) is 118 cm³/mol. The van der Waals surface area contributed by atoms with Crippen LogP contribution in [0.15, 0.2) is 75.0 Å². The highest BCUT2D eigenvalue weighted by atomic mass is 79.9. The molecule has 0 bridgehead atoms. The SMILES string of the molecule is COc1cc(C=Nc2cccc(Cl)c2C)cc(Br)c1OS(=O)(=O)c1ccccc1. The van der Waals surface area contributed by atoms with Crippen molar-refractivity contribution >= 4 is 49.6 Å². The van der Waals surface area contributed by atoms with Crippen molar-refractivity contribution in [3.8, 4) is 11.5 Å². The van der Waals surface area contributed by atoms with Crippen LogP contribution in [0.3, 0.4) is 0 Å². The molecule has 0 unspecified atom stereocenters. The van der Waals surface area contributed by atoms with Crippen LogP contribution in [0.5, 0.6) is 11.5 Å². The molecule has 0 aliphatic carbocycles. The van der Waals surface area contributed by atoms with E-state index in [0.29, 0.717) is 15.1 Å². The lowest BCUT2D eigenvalue weighted by atomic mass is 10.2. The molecule has 0 spiro atoms. The van der Waals surface area contributed by atoms with Crippen LogP contribution >= 0.6 is 27.5 Å². The van der Waals surface area contributed by atoms with Crippen LogP contribution in [0.25, 0.3) is 0 Å². The van der Waals surface area contributed by atoms with Crippen molar-refractivity contribution < 1.29 is 17.3 Å². The quantitative estimate of drug-likeness (QED) is 0.314. The van der Waals surface area contributed by atoms with Crippen LogP contribution in [-0.4, -0.2) is 21.7 Å². The topological polar surface area (TPSA) is 65.0 Å². The average molecular weight is 495 g/mol. The Labute approximate surface area is 183 Å². The summed E-state index contributed by atoms with van der Waals surface area (Å²) in [5.41, 5.74) is 2.29. The summed E-state index contributed by atoms with van der Waals surface area (Å²) in [6, 6.07) is 16.7. The first-order chi connectivity index (χ1) is 13.8. The summed E-state index contributed by atoms with van der Waals surface area (Å²) in [6.07, 6.45) is 1.64. The number of ether oxygens (including phenoxy) is 1. The molecule has 0 fully saturated rings. The molecule has 29 heavy (non-hydrogen) atoms. The Bertz CT molecular complexity index is 1160. The third-order valence-corrected chi connectivity index (χ3v) is 6.30. The monoisotopic (exact) mass is 493 g/mol. The number of benzene rings is 3. The molecule has 0 N–H and O–H groups in total. The van der Waals surface area contributed by atoms with E-state index in [2.05, 4.69) is 20.9 Å². The fourth-order valence-corrected chi connectivity index (χ4v) is 4.32. The van der Waals surface area contributed by atoms with Crippen molar-refractivity contribution in [3.63, 3.8) is 0 Å². The highest BCUT2D eigenvalue weighted by Crippen LogP contribution is 2.38. The van der Waals surface area contributed by atoms with Crippen molar-refractivity contribution in [2.75, 3.05) is 7.11 Å². The fraction of sp³-hybridized carbons (Fsp3) is 0.0952. The Hall–Kier alpha value is -2.35. The Morgan fingerprint density at radius 2 is 1.79 bits per heavy atom. The average Bonchev–Trinajstić information content (AvgIpc) is 2.71. The summed E-state index contributed by atoms with van der Waals surface area (Å²) in [5, 5.41) is 0.633. The molecule has 0 aliphatic heterocycles. The van der Waals surface area contributed by atoms with Gasteiger partial charge >= 0.3 is 10.1 Å². The summed E-state index contributed by atoms with van der Waals surface area (Å²) < 4.78 is 36.2. The van der Waals surface area contributed by atoms with E-state index in [4.69, 9.17) is 20.5 Å². The molecule has 0 radical (unpaired) electrons. The lowest BCUT2D eigenvalue weighted by Gasteiger charge is -2.13. The second-order valence-electron chi connectivity index (χ2n) is 6.03. The molecular weight excluding hydrogens is 478 g/mol. The van der Waals surface area contributed by atoms with Crippen LogP contribution in [0.1, 0.15) is 11.1 Å². The van der Waals surface area contributed by atoms with Crippen LogP contribution in [0.4, 0.5) is 5.69 Å². The summed E-state index contributed by atoms with van der Waals surface area (Å²) >= 11 is 9.49. The van der Waals surface area contributed by atoms with Gasteiger partial charge in [0.2, 0.25) is 0 Å². The van der Waals surface area contributed by atoms with Crippen molar-refractivity contribution in [2.24, 2.45) is 4.99 Å². The Balaban J connectivity index is 1.94. The van der Waals surface area contributed by atoms with E-state index >= 15 is 0 Å². The maximum Gasteiger partial charge on any atom is 0.339 e. The predicted octanol–water partition coefficient (Wildman–Crippen LogP) is 5.94. The van der Waals surface area contributed by atoms with Gasteiger partial charge in [0, 0.05) is 11.2 Å². The molecule has 0 atom stereocenters. The van der Waals surface area contributed by atoms with E-state index < -0.39 is 10.1 Å². The van der Waals surface area contributed by atoms with Crippen molar-refractivity contribution in [1.82, 2.24) is 0 Å². The first-order valence-corrected chi connectivity index (χ1v) is 11.1. The smallest absolute Gasteiger partial charge is 0.339 e. The molecule has 0 amide bonds. The van der Waals surface area contributed by atoms with Crippen LogP contribution in [-0.2, 0) is 10.1 Å².